The Morgan fingerprint density at radius 1 is 0.369 bits per heavy atom. The first-order valence-electron chi connectivity index (χ1n) is 33.6. The molecule has 0 rings (SSSR count). The topological polar surface area (TPSA) is 108 Å². The van der Waals surface area contributed by atoms with Crippen LogP contribution in [0.15, 0.2) is 146 Å². The third-order valence-corrected chi connectivity index (χ3v) is 14.8. The van der Waals surface area contributed by atoms with Crippen molar-refractivity contribution in [3.63, 3.8) is 0 Å². The number of hydrogen-bond donors (Lipinski definition) is 1. The van der Waals surface area contributed by atoms with Crippen molar-refractivity contribution in [3.8, 4) is 0 Å². The lowest BCUT2D eigenvalue weighted by Crippen LogP contribution is -2.37. The number of nitrogens with zero attached hydrogens (tertiary/aromatic N) is 1. The monoisotopic (exact) mass is 1190 g/mol. The molecule has 84 heavy (non-hydrogen) atoms. The van der Waals surface area contributed by atoms with Gasteiger partial charge in [-0.25, -0.2) is 4.57 Å². The maximum atomic E-state index is 12.9. The Morgan fingerprint density at radius 2 is 0.643 bits per heavy atom. The van der Waals surface area contributed by atoms with Gasteiger partial charge < -0.3 is 18.9 Å². The van der Waals surface area contributed by atoms with Crippen molar-refractivity contribution in [1.82, 2.24) is 0 Å². The van der Waals surface area contributed by atoms with Gasteiger partial charge in [-0.1, -0.05) is 275 Å². The Balaban J connectivity index is 4.14. The maximum Gasteiger partial charge on any atom is 0.472 e. The van der Waals surface area contributed by atoms with Crippen molar-refractivity contribution >= 4 is 19.8 Å². The van der Waals surface area contributed by atoms with Gasteiger partial charge in [-0.3, -0.25) is 18.6 Å². The summed E-state index contributed by atoms with van der Waals surface area (Å²) in [5.74, 6) is -0.812. The minimum absolute atomic E-state index is 0.0229. The molecule has 0 aromatic heterocycles. The van der Waals surface area contributed by atoms with Crippen LogP contribution in [0.4, 0.5) is 0 Å². The zero-order valence-corrected chi connectivity index (χ0v) is 55.2. The van der Waals surface area contributed by atoms with E-state index in [0.29, 0.717) is 17.4 Å². The summed E-state index contributed by atoms with van der Waals surface area (Å²) < 4.78 is 34.7. The number of hydrogen-bond acceptors (Lipinski definition) is 7. The summed E-state index contributed by atoms with van der Waals surface area (Å²) in [7, 11) is 1.46. The van der Waals surface area contributed by atoms with E-state index >= 15 is 0 Å². The Morgan fingerprint density at radius 3 is 0.952 bits per heavy atom. The molecular formula is C74H125NO8P+. The Labute approximate surface area is 516 Å². The quantitative estimate of drug-likeness (QED) is 0.0211. The van der Waals surface area contributed by atoms with E-state index in [4.69, 9.17) is 18.5 Å². The van der Waals surface area contributed by atoms with Crippen molar-refractivity contribution < 1.29 is 42.1 Å². The van der Waals surface area contributed by atoms with Crippen LogP contribution in [0.5, 0.6) is 0 Å². The predicted octanol–water partition coefficient (Wildman–Crippen LogP) is 21.8. The van der Waals surface area contributed by atoms with Crippen LogP contribution in [0.25, 0.3) is 0 Å². The zero-order chi connectivity index (χ0) is 61.2. The molecule has 9 nitrogen and oxygen atoms in total. The highest BCUT2D eigenvalue weighted by Gasteiger charge is 2.27. The molecule has 2 unspecified atom stereocenters. The summed E-state index contributed by atoms with van der Waals surface area (Å²) in [6.07, 6.45) is 93.6. The van der Waals surface area contributed by atoms with Crippen LogP contribution in [0, 0.1) is 0 Å². The second-order valence-electron chi connectivity index (χ2n) is 23.1. The van der Waals surface area contributed by atoms with E-state index in [2.05, 4.69) is 160 Å². The molecule has 0 aromatic rings. The molecule has 0 aliphatic heterocycles. The van der Waals surface area contributed by atoms with E-state index in [1.165, 1.54) is 103 Å². The summed E-state index contributed by atoms with van der Waals surface area (Å²) in [6, 6.07) is 0. The number of carbonyl (C=O) groups is 2. The van der Waals surface area contributed by atoms with Crippen LogP contribution in [-0.2, 0) is 32.7 Å². The van der Waals surface area contributed by atoms with Gasteiger partial charge in [0.1, 0.15) is 19.8 Å². The Kier molecular flexibility index (Phi) is 60.3. The van der Waals surface area contributed by atoms with Crippen molar-refractivity contribution in [3.05, 3.63) is 146 Å². The van der Waals surface area contributed by atoms with Gasteiger partial charge in [0.2, 0.25) is 0 Å². The van der Waals surface area contributed by atoms with Gasteiger partial charge in [-0.15, -0.1) is 0 Å². The van der Waals surface area contributed by atoms with Gasteiger partial charge in [-0.05, 0) is 116 Å². The highest BCUT2D eigenvalue weighted by molar-refractivity contribution is 7.47. The van der Waals surface area contributed by atoms with Crippen LogP contribution in [-0.4, -0.2) is 74.9 Å². The predicted molar refractivity (Wildman–Crippen MR) is 362 cm³/mol. The molecule has 0 aliphatic rings. The van der Waals surface area contributed by atoms with Crippen LogP contribution >= 0.6 is 7.82 Å². The SMILES string of the molecule is CC/C=C\C/C=C\C/C=C\C/C=C\C/C=C\C/C=C\C/C=C\C/C=C\CCCCCCCCCCC(=O)OC(COC(=O)CCCCCCCCCCCCCCCC/C=C\C/C=C\C/C=C\C/C=C\CC)COP(=O)(O)OCC[N+](C)(C)C. The van der Waals surface area contributed by atoms with E-state index in [1.54, 1.807) is 0 Å². The second kappa shape index (κ2) is 63.4. The van der Waals surface area contributed by atoms with Crippen LogP contribution in [0.2, 0.25) is 0 Å². The van der Waals surface area contributed by atoms with E-state index in [1.807, 2.05) is 21.1 Å². The minimum Gasteiger partial charge on any atom is -0.462 e. The molecule has 0 saturated heterocycles. The first kappa shape index (κ1) is 79.9. The second-order valence-corrected chi connectivity index (χ2v) is 24.5. The summed E-state index contributed by atoms with van der Waals surface area (Å²) in [6.45, 7) is 4.20. The minimum atomic E-state index is -4.40. The van der Waals surface area contributed by atoms with Gasteiger partial charge >= 0.3 is 19.8 Å². The van der Waals surface area contributed by atoms with E-state index < -0.39 is 26.5 Å². The van der Waals surface area contributed by atoms with Gasteiger partial charge in [0, 0.05) is 12.8 Å². The van der Waals surface area contributed by atoms with Crippen LogP contribution in [0.1, 0.15) is 258 Å². The molecule has 0 spiro atoms. The number of esters is 2. The number of carbonyl (C=O) groups excluding carboxylic acids is 2. The number of unbranched alkanes of at least 4 members (excludes halogenated alkanes) is 22. The third-order valence-electron chi connectivity index (χ3n) is 13.9. The molecule has 0 saturated carbocycles. The van der Waals surface area contributed by atoms with Crippen molar-refractivity contribution in [1.29, 1.82) is 0 Å². The number of ether oxygens (including phenoxy) is 2. The highest BCUT2D eigenvalue weighted by Crippen LogP contribution is 2.43. The first-order valence-corrected chi connectivity index (χ1v) is 35.1. The average Bonchev–Trinajstić information content (AvgIpc) is 3.61. The summed E-state index contributed by atoms with van der Waals surface area (Å²) in [5, 5.41) is 0. The fourth-order valence-corrected chi connectivity index (χ4v) is 9.53. The molecule has 1 N–H and O–H groups in total. The molecular weight excluding hydrogens is 1060 g/mol. The molecule has 0 bridgehead atoms. The molecule has 478 valence electrons. The first-order chi connectivity index (χ1) is 41.0. The maximum absolute atomic E-state index is 12.9. The largest absolute Gasteiger partial charge is 0.472 e. The number of phosphoric ester groups is 1. The lowest BCUT2D eigenvalue weighted by atomic mass is 10.0. The fourth-order valence-electron chi connectivity index (χ4n) is 8.79. The molecule has 0 aliphatic carbocycles. The molecule has 0 radical (unpaired) electrons. The number of phosphoric acid groups is 1. The number of likely N-dealkylation sites (N-methyl/N-ethyl adjacent to an activating group) is 1. The molecule has 0 aromatic carbocycles. The molecule has 2 atom stereocenters. The van der Waals surface area contributed by atoms with E-state index in [9.17, 15) is 19.0 Å². The summed E-state index contributed by atoms with van der Waals surface area (Å²) in [4.78, 5) is 35.9. The van der Waals surface area contributed by atoms with Crippen LogP contribution in [0.3, 0.4) is 0 Å². The lowest BCUT2D eigenvalue weighted by Gasteiger charge is -2.24. The standard InChI is InChI=1S/C74H124NO8P/c1-6-8-10-12-14-16-18-20-22-24-26-28-30-32-34-35-36-37-38-39-41-43-45-47-49-51-53-55-57-59-61-63-65-67-74(77)83-72(71-82-84(78,79)81-69-68-75(3,4)5)70-80-73(76)66-64-62-60-58-56-54-52-50-48-46-44-42-40-33-31-29-27-25-23-21-19-17-15-13-11-9-7-2/h8-11,14-17,20-23,26-29,32,34,36-37,39,41,45,47,72H,6-7,12-13,18-19,24-25,30-31,33,35,38,40,42-44,46,48-71H2,1-5H3/p+1/b10-8-,11-9-,16-14-,17-15-,22-20-,23-21-,28-26-,29-27-,34-32-,37-36-,41-39-,47-45-. The lowest BCUT2D eigenvalue weighted by molar-refractivity contribution is -0.870. The van der Waals surface area contributed by atoms with Crippen LogP contribution < -0.4 is 0 Å². The number of allylic oxidation sites excluding steroid dienone is 24. The van der Waals surface area contributed by atoms with Crippen molar-refractivity contribution in [2.75, 3.05) is 47.5 Å². The number of quaternary nitrogens is 1. The molecule has 0 amide bonds. The third kappa shape index (κ3) is 67.0. The van der Waals surface area contributed by atoms with Gasteiger partial charge in [-0.2, -0.15) is 0 Å². The zero-order valence-electron chi connectivity index (χ0n) is 54.3. The Bertz CT molecular complexity index is 1930. The van der Waals surface area contributed by atoms with Gasteiger partial charge in [0.15, 0.2) is 6.10 Å². The van der Waals surface area contributed by atoms with Crippen molar-refractivity contribution in [2.24, 2.45) is 0 Å². The van der Waals surface area contributed by atoms with Gasteiger partial charge in [0.25, 0.3) is 0 Å². The molecule has 0 fully saturated rings. The smallest absolute Gasteiger partial charge is 0.462 e. The fraction of sp³-hybridized carbons (Fsp3) is 0.649. The van der Waals surface area contributed by atoms with Crippen molar-refractivity contribution in [2.45, 2.75) is 264 Å². The Hall–Kier alpha value is -4.11. The van der Waals surface area contributed by atoms with Gasteiger partial charge in [0.05, 0.1) is 27.7 Å². The highest BCUT2D eigenvalue weighted by atomic mass is 31.2. The summed E-state index contributed by atoms with van der Waals surface area (Å²) >= 11 is 0. The van der Waals surface area contributed by atoms with E-state index in [0.717, 1.165) is 122 Å². The summed E-state index contributed by atoms with van der Waals surface area (Å²) in [5.41, 5.74) is 0. The number of rotatable bonds is 60. The average molecular weight is 1190 g/mol. The molecule has 0 heterocycles. The molecule has 10 heteroatoms. The van der Waals surface area contributed by atoms with E-state index in [-0.39, 0.29) is 32.0 Å². The normalized spacial score (nSPS) is 14.1.